The van der Waals surface area contributed by atoms with E-state index in [1.807, 2.05) is 30.3 Å². The monoisotopic (exact) mass is 257 g/mol. The maximum atomic E-state index is 11.5. The van der Waals surface area contributed by atoms with Gasteiger partial charge in [0.15, 0.2) is 0 Å². The van der Waals surface area contributed by atoms with Crippen molar-refractivity contribution in [3.63, 3.8) is 0 Å². The number of carbonyl (C=O) groups is 1. The highest BCUT2D eigenvalue weighted by atomic mass is 16.5. The van der Waals surface area contributed by atoms with Crippen molar-refractivity contribution < 1.29 is 14.3 Å². The first-order chi connectivity index (χ1) is 9.24. The van der Waals surface area contributed by atoms with Gasteiger partial charge in [-0.05, 0) is 30.3 Å². The van der Waals surface area contributed by atoms with Gasteiger partial charge < -0.3 is 14.8 Å². The maximum Gasteiger partial charge on any atom is 0.337 e. The van der Waals surface area contributed by atoms with Crippen LogP contribution in [0.15, 0.2) is 48.5 Å². The van der Waals surface area contributed by atoms with E-state index in [4.69, 9.17) is 9.47 Å². The normalized spacial score (nSPS) is 9.79. The molecule has 4 nitrogen and oxygen atoms in total. The van der Waals surface area contributed by atoms with Crippen LogP contribution in [0.4, 0.5) is 11.4 Å². The van der Waals surface area contributed by atoms with Crippen molar-refractivity contribution in [2.45, 2.75) is 0 Å². The predicted octanol–water partition coefficient (Wildman–Crippen LogP) is 3.23. The van der Waals surface area contributed by atoms with Crippen molar-refractivity contribution in [2.75, 3.05) is 19.5 Å². The van der Waals surface area contributed by atoms with E-state index >= 15 is 0 Å². The summed E-state index contributed by atoms with van der Waals surface area (Å²) in [4.78, 5) is 11.5. The zero-order valence-corrected chi connectivity index (χ0v) is 10.8. The van der Waals surface area contributed by atoms with Gasteiger partial charge in [0, 0.05) is 5.69 Å². The van der Waals surface area contributed by atoms with E-state index < -0.39 is 0 Å². The van der Waals surface area contributed by atoms with Crippen LogP contribution < -0.4 is 10.1 Å². The minimum Gasteiger partial charge on any atom is -0.495 e. The summed E-state index contributed by atoms with van der Waals surface area (Å²) in [5.41, 5.74) is 2.14. The zero-order chi connectivity index (χ0) is 13.7. The number of ether oxygens (including phenoxy) is 2. The molecule has 2 aromatic rings. The number of benzene rings is 2. The quantitative estimate of drug-likeness (QED) is 0.854. The molecule has 0 aliphatic heterocycles. The first-order valence-corrected chi connectivity index (χ1v) is 5.83. The van der Waals surface area contributed by atoms with Crippen LogP contribution in [0.25, 0.3) is 0 Å². The van der Waals surface area contributed by atoms with Gasteiger partial charge in [0.05, 0.1) is 25.5 Å². The molecule has 0 heterocycles. The van der Waals surface area contributed by atoms with Crippen LogP contribution in [0.2, 0.25) is 0 Å². The fraction of sp³-hybridized carbons (Fsp3) is 0.133. The number of esters is 1. The number of para-hydroxylation sites is 2. The fourth-order valence-corrected chi connectivity index (χ4v) is 1.75. The Labute approximate surface area is 112 Å². The summed E-state index contributed by atoms with van der Waals surface area (Å²) in [6.45, 7) is 0. The molecule has 0 fully saturated rings. The van der Waals surface area contributed by atoms with Gasteiger partial charge in [-0.3, -0.25) is 0 Å². The van der Waals surface area contributed by atoms with Crippen LogP contribution in [-0.2, 0) is 4.74 Å². The molecule has 0 saturated heterocycles. The molecule has 0 aromatic heterocycles. The summed E-state index contributed by atoms with van der Waals surface area (Å²) in [6.07, 6.45) is 0. The van der Waals surface area contributed by atoms with Crippen LogP contribution in [0.5, 0.6) is 5.75 Å². The van der Waals surface area contributed by atoms with E-state index in [0.29, 0.717) is 5.56 Å². The highest BCUT2D eigenvalue weighted by Crippen LogP contribution is 2.27. The summed E-state index contributed by atoms with van der Waals surface area (Å²) < 4.78 is 9.96. The molecule has 0 saturated carbocycles. The summed E-state index contributed by atoms with van der Waals surface area (Å²) in [5.74, 6) is 0.384. The molecule has 2 aromatic carbocycles. The van der Waals surface area contributed by atoms with E-state index in [1.165, 1.54) is 7.11 Å². The molecule has 0 aliphatic rings. The molecule has 2 rings (SSSR count). The Hall–Kier alpha value is -2.49. The average Bonchev–Trinajstić information content (AvgIpc) is 2.47. The van der Waals surface area contributed by atoms with E-state index in [2.05, 4.69) is 5.32 Å². The molecule has 0 amide bonds. The lowest BCUT2D eigenvalue weighted by Gasteiger charge is -2.11. The lowest BCUT2D eigenvalue weighted by molar-refractivity contribution is 0.0601. The SMILES string of the molecule is COC(=O)c1cccc(Nc2ccccc2OC)c1. The van der Waals surface area contributed by atoms with Crippen molar-refractivity contribution in [1.82, 2.24) is 0 Å². The Morgan fingerprint density at radius 2 is 1.84 bits per heavy atom. The summed E-state index contributed by atoms with van der Waals surface area (Å²) >= 11 is 0. The lowest BCUT2D eigenvalue weighted by Crippen LogP contribution is -2.02. The third kappa shape index (κ3) is 3.04. The van der Waals surface area contributed by atoms with Gasteiger partial charge >= 0.3 is 5.97 Å². The van der Waals surface area contributed by atoms with Crippen LogP contribution in [-0.4, -0.2) is 20.2 Å². The molecule has 19 heavy (non-hydrogen) atoms. The Morgan fingerprint density at radius 1 is 1.05 bits per heavy atom. The van der Waals surface area contributed by atoms with Crippen LogP contribution in [0.3, 0.4) is 0 Å². The molecule has 4 heteroatoms. The minimum atomic E-state index is -0.358. The van der Waals surface area contributed by atoms with Gasteiger partial charge in [-0.15, -0.1) is 0 Å². The van der Waals surface area contributed by atoms with Gasteiger partial charge in [0.25, 0.3) is 0 Å². The van der Waals surface area contributed by atoms with E-state index in [1.54, 1.807) is 25.3 Å². The van der Waals surface area contributed by atoms with Crippen molar-refractivity contribution >= 4 is 17.3 Å². The highest BCUT2D eigenvalue weighted by Gasteiger charge is 2.07. The van der Waals surface area contributed by atoms with Gasteiger partial charge in [0.1, 0.15) is 5.75 Å². The molecule has 0 bridgehead atoms. The molecule has 0 aliphatic carbocycles. The molecule has 0 spiro atoms. The summed E-state index contributed by atoms with van der Waals surface area (Å²) in [7, 11) is 2.98. The first-order valence-electron chi connectivity index (χ1n) is 5.83. The number of hydrogen-bond donors (Lipinski definition) is 1. The topological polar surface area (TPSA) is 47.6 Å². The standard InChI is InChI=1S/C15H15NO3/c1-18-14-9-4-3-8-13(14)16-12-7-5-6-11(10-12)15(17)19-2/h3-10,16H,1-2H3. The van der Waals surface area contributed by atoms with Crippen molar-refractivity contribution in [2.24, 2.45) is 0 Å². The summed E-state index contributed by atoms with van der Waals surface area (Å²) in [5, 5.41) is 3.21. The molecule has 1 N–H and O–H groups in total. The molecule has 0 atom stereocenters. The van der Waals surface area contributed by atoms with Crippen molar-refractivity contribution in [1.29, 1.82) is 0 Å². The van der Waals surface area contributed by atoms with Crippen LogP contribution in [0.1, 0.15) is 10.4 Å². The summed E-state index contributed by atoms with van der Waals surface area (Å²) in [6, 6.07) is 14.7. The first kappa shape index (κ1) is 13.0. The van der Waals surface area contributed by atoms with Gasteiger partial charge in [-0.25, -0.2) is 4.79 Å². The number of hydrogen-bond acceptors (Lipinski definition) is 4. The van der Waals surface area contributed by atoms with Gasteiger partial charge in [0.2, 0.25) is 0 Å². The number of nitrogens with one attached hydrogen (secondary N) is 1. The number of methoxy groups -OCH3 is 2. The molecular formula is C15H15NO3. The second kappa shape index (κ2) is 5.91. The number of carbonyl (C=O) groups excluding carboxylic acids is 1. The Balaban J connectivity index is 2.26. The van der Waals surface area contributed by atoms with Gasteiger partial charge in [-0.2, -0.15) is 0 Å². The minimum absolute atomic E-state index is 0.358. The Bertz CT molecular complexity index is 581. The molecule has 0 unspecified atom stereocenters. The fourth-order valence-electron chi connectivity index (χ4n) is 1.75. The molecular weight excluding hydrogens is 242 g/mol. The van der Waals surface area contributed by atoms with E-state index in [0.717, 1.165) is 17.1 Å². The second-order valence-corrected chi connectivity index (χ2v) is 3.90. The third-order valence-electron chi connectivity index (χ3n) is 2.67. The van der Waals surface area contributed by atoms with E-state index in [-0.39, 0.29) is 5.97 Å². The van der Waals surface area contributed by atoms with Crippen LogP contribution in [0, 0.1) is 0 Å². The van der Waals surface area contributed by atoms with E-state index in [9.17, 15) is 4.79 Å². The van der Waals surface area contributed by atoms with Crippen molar-refractivity contribution in [3.8, 4) is 5.75 Å². The van der Waals surface area contributed by atoms with Crippen molar-refractivity contribution in [3.05, 3.63) is 54.1 Å². The molecule has 98 valence electrons. The zero-order valence-electron chi connectivity index (χ0n) is 10.8. The van der Waals surface area contributed by atoms with Crippen LogP contribution >= 0.6 is 0 Å². The smallest absolute Gasteiger partial charge is 0.337 e. The Kier molecular flexibility index (Phi) is 4.03. The largest absolute Gasteiger partial charge is 0.495 e. The highest BCUT2D eigenvalue weighted by molar-refractivity contribution is 5.90. The lowest BCUT2D eigenvalue weighted by atomic mass is 10.2. The second-order valence-electron chi connectivity index (χ2n) is 3.90. The predicted molar refractivity (Wildman–Crippen MR) is 74.1 cm³/mol. The molecule has 0 radical (unpaired) electrons. The average molecular weight is 257 g/mol. The number of rotatable bonds is 4. The number of anilines is 2. The van der Waals surface area contributed by atoms with Gasteiger partial charge in [-0.1, -0.05) is 18.2 Å². The third-order valence-corrected chi connectivity index (χ3v) is 2.67. The maximum absolute atomic E-state index is 11.5. The Morgan fingerprint density at radius 3 is 2.58 bits per heavy atom.